The molecule has 0 spiro atoms. The zero-order chi connectivity index (χ0) is 14.4. The van der Waals surface area contributed by atoms with E-state index in [0.29, 0.717) is 11.6 Å². The van der Waals surface area contributed by atoms with Crippen LogP contribution < -0.4 is 5.32 Å². The molecule has 0 saturated heterocycles. The normalized spacial score (nSPS) is 14.7. The smallest absolute Gasteiger partial charge is 0.126 e. The van der Waals surface area contributed by atoms with Gasteiger partial charge in [-0.25, -0.2) is 8.78 Å². The molecule has 1 aromatic carbocycles. The quantitative estimate of drug-likeness (QED) is 0.817. The van der Waals surface area contributed by atoms with Crippen molar-refractivity contribution in [1.82, 2.24) is 10.2 Å². The van der Waals surface area contributed by atoms with Crippen molar-refractivity contribution in [3.8, 4) is 0 Å². The van der Waals surface area contributed by atoms with Gasteiger partial charge in [0.05, 0.1) is 0 Å². The molecule has 0 saturated carbocycles. The molecular weight excluding hydrogens is 246 g/mol. The summed E-state index contributed by atoms with van der Waals surface area (Å²) in [5.74, 6) is -1.05. The topological polar surface area (TPSA) is 15.3 Å². The Morgan fingerprint density at radius 3 is 2.26 bits per heavy atom. The minimum absolute atomic E-state index is 0.0597. The second kappa shape index (κ2) is 7.56. The second-order valence-corrected chi connectivity index (χ2v) is 5.12. The minimum Gasteiger partial charge on any atom is -0.309 e. The highest BCUT2D eigenvalue weighted by Gasteiger charge is 2.10. The van der Waals surface area contributed by atoms with Crippen molar-refractivity contribution in [2.24, 2.45) is 0 Å². The van der Waals surface area contributed by atoms with Gasteiger partial charge in [-0.3, -0.25) is 0 Å². The standard InChI is InChI=1S/C15H24F2N2/c1-5-11(2)19(4)7-6-18-12(3)13-8-14(16)10-15(17)9-13/h8-12,18H,5-7H2,1-4H3. The number of rotatable bonds is 7. The number of nitrogens with zero attached hydrogens (tertiary/aromatic N) is 1. The molecule has 4 heteroatoms. The third-order valence-electron chi connectivity index (χ3n) is 3.64. The summed E-state index contributed by atoms with van der Waals surface area (Å²) in [6.45, 7) is 7.97. The van der Waals surface area contributed by atoms with E-state index in [1.165, 1.54) is 12.1 Å². The van der Waals surface area contributed by atoms with Crippen LogP contribution in [0.25, 0.3) is 0 Å². The van der Waals surface area contributed by atoms with Crippen LogP contribution in [-0.4, -0.2) is 31.1 Å². The molecule has 0 radical (unpaired) electrons. The molecule has 2 atom stereocenters. The molecule has 108 valence electrons. The Labute approximate surface area is 114 Å². The Bertz CT molecular complexity index is 375. The Morgan fingerprint density at radius 2 is 1.74 bits per heavy atom. The van der Waals surface area contributed by atoms with Crippen LogP contribution in [0.2, 0.25) is 0 Å². The maximum atomic E-state index is 13.1. The highest BCUT2D eigenvalue weighted by atomic mass is 19.1. The highest BCUT2D eigenvalue weighted by Crippen LogP contribution is 2.15. The fourth-order valence-corrected chi connectivity index (χ4v) is 1.93. The summed E-state index contributed by atoms with van der Waals surface area (Å²) in [5.41, 5.74) is 0.642. The zero-order valence-corrected chi connectivity index (χ0v) is 12.2. The van der Waals surface area contributed by atoms with Crippen molar-refractivity contribution >= 4 is 0 Å². The molecule has 0 aliphatic heterocycles. The van der Waals surface area contributed by atoms with Crippen molar-refractivity contribution in [1.29, 1.82) is 0 Å². The number of likely N-dealkylation sites (N-methyl/N-ethyl adjacent to an activating group) is 1. The van der Waals surface area contributed by atoms with E-state index in [9.17, 15) is 8.78 Å². The monoisotopic (exact) mass is 270 g/mol. The van der Waals surface area contributed by atoms with Gasteiger partial charge in [0.1, 0.15) is 11.6 Å². The first-order chi connectivity index (χ1) is 8.93. The van der Waals surface area contributed by atoms with Crippen LogP contribution in [0.15, 0.2) is 18.2 Å². The van der Waals surface area contributed by atoms with Crippen LogP contribution in [0.3, 0.4) is 0 Å². The molecule has 0 aliphatic rings. The molecule has 1 N–H and O–H groups in total. The van der Waals surface area contributed by atoms with Crippen LogP contribution in [0, 0.1) is 11.6 Å². The molecule has 2 nitrogen and oxygen atoms in total. The fraction of sp³-hybridized carbons (Fsp3) is 0.600. The van der Waals surface area contributed by atoms with Gasteiger partial charge in [-0.05, 0) is 45.0 Å². The Kier molecular flexibility index (Phi) is 6.38. The summed E-state index contributed by atoms with van der Waals surface area (Å²) < 4.78 is 26.2. The summed E-state index contributed by atoms with van der Waals surface area (Å²) >= 11 is 0. The molecule has 0 heterocycles. The van der Waals surface area contributed by atoms with Crippen LogP contribution >= 0.6 is 0 Å². The SMILES string of the molecule is CCC(C)N(C)CCNC(C)c1cc(F)cc(F)c1. The van der Waals surface area contributed by atoms with E-state index in [4.69, 9.17) is 0 Å². The first-order valence-electron chi connectivity index (χ1n) is 6.83. The van der Waals surface area contributed by atoms with E-state index >= 15 is 0 Å². The summed E-state index contributed by atoms with van der Waals surface area (Å²) in [5, 5.41) is 3.29. The van der Waals surface area contributed by atoms with Crippen molar-refractivity contribution in [2.45, 2.75) is 39.3 Å². The van der Waals surface area contributed by atoms with Gasteiger partial charge in [-0.2, -0.15) is 0 Å². The van der Waals surface area contributed by atoms with E-state index in [2.05, 4.69) is 31.1 Å². The molecular formula is C15H24F2N2. The van der Waals surface area contributed by atoms with Gasteiger partial charge in [-0.15, -0.1) is 0 Å². The summed E-state index contributed by atoms with van der Waals surface area (Å²) in [4.78, 5) is 2.27. The summed E-state index contributed by atoms with van der Waals surface area (Å²) in [6.07, 6.45) is 1.11. The van der Waals surface area contributed by atoms with Crippen molar-refractivity contribution < 1.29 is 8.78 Å². The van der Waals surface area contributed by atoms with Crippen LogP contribution in [0.1, 0.15) is 38.8 Å². The largest absolute Gasteiger partial charge is 0.309 e. The van der Waals surface area contributed by atoms with Gasteiger partial charge in [0.15, 0.2) is 0 Å². The molecule has 2 unspecified atom stereocenters. The molecule has 19 heavy (non-hydrogen) atoms. The van der Waals surface area contributed by atoms with Gasteiger partial charge in [-0.1, -0.05) is 6.92 Å². The number of benzene rings is 1. The first-order valence-corrected chi connectivity index (χ1v) is 6.83. The Hall–Kier alpha value is -1.00. The third-order valence-corrected chi connectivity index (χ3v) is 3.64. The Morgan fingerprint density at radius 1 is 1.16 bits per heavy atom. The number of hydrogen-bond donors (Lipinski definition) is 1. The van der Waals surface area contributed by atoms with Gasteiger partial charge in [0.25, 0.3) is 0 Å². The van der Waals surface area contributed by atoms with Gasteiger partial charge < -0.3 is 10.2 Å². The van der Waals surface area contributed by atoms with Gasteiger partial charge in [0, 0.05) is 31.2 Å². The molecule has 0 amide bonds. The predicted octanol–water partition coefficient (Wildman–Crippen LogP) is 3.35. The average Bonchev–Trinajstić information content (AvgIpc) is 2.36. The third kappa shape index (κ3) is 5.25. The number of nitrogens with one attached hydrogen (secondary N) is 1. The first kappa shape index (κ1) is 16.1. The summed E-state index contributed by atoms with van der Waals surface area (Å²) in [6, 6.07) is 4.13. The zero-order valence-electron chi connectivity index (χ0n) is 12.2. The lowest BCUT2D eigenvalue weighted by atomic mass is 10.1. The lowest BCUT2D eigenvalue weighted by Crippen LogP contribution is -2.35. The fourth-order valence-electron chi connectivity index (χ4n) is 1.93. The van der Waals surface area contributed by atoms with Crippen LogP contribution in [0.4, 0.5) is 8.78 Å². The highest BCUT2D eigenvalue weighted by molar-refractivity contribution is 5.20. The predicted molar refractivity (Wildman–Crippen MR) is 75.2 cm³/mol. The molecule has 0 fully saturated rings. The maximum absolute atomic E-state index is 13.1. The molecule has 1 aromatic rings. The number of hydrogen-bond acceptors (Lipinski definition) is 2. The maximum Gasteiger partial charge on any atom is 0.126 e. The molecule has 0 aliphatic carbocycles. The lowest BCUT2D eigenvalue weighted by molar-refractivity contribution is 0.249. The minimum atomic E-state index is -0.527. The summed E-state index contributed by atoms with van der Waals surface area (Å²) in [7, 11) is 2.09. The van der Waals surface area contributed by atoms with E-state index in [0.717, 1.165) is 25.6 Å². The second-order valence-electron chi connectivity index (χ2n) is 5.12. The van der Waals surface area contributed by atoms with Crippen molar-refractivity contribution in [2.75, 3.05) is 20.1 Å². The molecule has 0 bridgehead atoms. The van der Waals surface area contributed by atoms with Crippen LogP contribution in [0.5, 0.6) is 0 Å². The van der Waals surface area contributed by atoms with Crippen molar-refractivity contribution in [3.05, 3.63) is 35.4 Å². The van der Waals surface area contributed by atoms with Gasteiger partial charge in [0.2, 0.25) is 0 Å². The van der Waals surface area contributed by atoms with Crippen molar-refractivity contribution in [3.63, 3.8) is 0 Å². The Balaban J connectivity index is 2.45. The average molecular weight is 270 g/mol. The van der Waals surface area contributed by atoms with E-state index < -0.39 is 11.6 Å². The molecule has 1 rings (SSSR count). The lowest BCUT2D eigenvalue weighted by Gasteiger charge is -2.24. The van der Waals surface area contributed by atoms with E-state index in [1.807, 2.05) is 6.92 Å². The van der Waals surface area contributed by atoms with Gasteiger partial charge >= 0.3 is 0 Å². The van der Waals surface area contributed by atoms with E-state index in [-0.39, 0.29) is 6.04 Å². The van der Waals surface area contributed by atoms with E-state index in [1.54, 1.807) is 0 Å². The molecule has 0 aromatic heterocycles. The van der Waals surface area contributed by atoms with Crippen LogP contribution in [-0.2, 0) is 0 Å². The number of halogens is 2.